The molecule has 2 rings (SSSR count). The van der Waals surface area contributed by atoms with Gasteiger partial charge in [-0.25, -0.2) is 0 Å². The Labute approximate surface area is 105 Å². The Morgan fingerprint density at radius 1 is 1.12 bits per heavy atom. The molecule has 0 bridgehead atoms. The smallest absolute Gasteiger partial charge is 0.119 e. The molecule has 3 heteroatoms. The van der Waals surface area contributed by atoms with Gasteiger partial charge in [-0.3, -0.25) is 4.90 Å². The number of benzene rings is 1. The SMILES string of the molecule is CC.Nc1ccc(OCCN2CCCC2)cc1. The van der Waals surface area contributed by atoms with Crippen LogP contribution in [0, 0.1) is 0 Å². The minimum Gasteiger partial charge on any atom is -0.492 e. The average Bonchev–Trinajstić information content (AvgIpc) is 2.87. The highest BCUT2D eigenvalue weighted by atomic mass is 16.5. The summed E-state index contributed by atoms with van der Waals surface area (Å²) in [6, 6.07) is 7.56. The van der Waals surface area contributed by atoms with Crippen molar-refractivity contribution in [1.82, 2.24) is 4.90 Å². The highest BCUT2D eigenvalue weighted by Crippen LogP contribution is 2.13. The van der Waals surface area contributed by atoms with Gasteiger partial charge >= 0.3 is 0 Å². The third-order valence-electron chi connectivity index (χ3n) is 2.76. The Hall–Kier alpha value is -1.22. The Bertz CT molecular complexity index is 292. The second-order valence-corrected chi connectivity index (χ2v) is 3.97. The van der Waals surface area contributed by atoms with Crippen LogP contribution >= 0.6 is 0 Å². The summed E-state index contributed by atoms with van der Waals surface area (Å²) in [6.07, 6.45) is 2.67. The number of nitrogen functional groups attached to an aromatic ring is 1. The van der Waals surface area contributed by atoms with E-state index < -0.39 is 0 Å². The van der Waals surface area contributed by atoms with Crippen LogP contribution in [0.25, 0.3) is 0 Å². The molecule has 1 saturated heterocycles. The van der Waals surface area contributed by atoms with E-state index in [2.05, 4.69) is 4.90 Å². The van der Waals surface area contributed by atoms with E-state index in [1.165, 1.54) is 25.9 Å². The van der Waals surface area contributed by atoms with E-state index >= 15 is 0 Å². The van der Waals surface area contributed by atoms with Crippen LogP contribution < -0.4 is 10.5 Å². The van der Waals surface area contributed by atoms with Crippen LogP contribution in [0.3, 0.4) is 0 Å². The minimum atomic E-state index is 0.768. The van der Waals surface area contributed by atoms with Gasteiger partial charge in [0.15, 0.2) is 0 Å². The summed E-state index contributed by atoms with van der Waals surface area (Å²) in [5.74, 6) is 0.906. The largest absolute Gasteiger partial charge is 0.492 e. The fourth-order valence-electron chi connectivity index (χ4n) is 1.86. The molecule has 1 heterocycles. The lowest BCUT2D eigenvalue weighted by Gasteiger charge is -2.14. The number of ether oxygens (including phenoxy) is 1. The van der Waals surface area contributed by atoms with Crippen LogP contribution in [0.1, 0.15) is 26.7 Å². The Kier molecular flexibility index (Phi) is 6.48. The number of rotatable bonds is 4. The molecular weight excluding hydrogens is 212 g/mol. The van der Waals surface area contributed by atoms with Gasteiger partial charge in [-0.15, -0.1) is 0 Å². The number of nitrogens with two attached hydrogens (primary N) is 1. The summed E-state index contributed by atoms with van der Waals surface area (Å²) in [4.78, 5) is 2.44. The van der Waals surface area contributed by atoms with E-state index in [9.17, 15) is 0 Å². The van der Waals surface area contributed by atoms with Crippen LogP contribution in [0.4, 0.5) is 5.69 Å². The van der Waals surface area contributed by atoms with Crippen molar-refractivity contribution in [3.8, 4) is 5.75 Å². The molecule has 0 unspecified atom stereocenters. The molecule has 1 fully saturated rings. The van der Waals surface area contributed by atoms with E-state index in [0.717, 1.165) is 24.6 Å². The molecule has 1 aromatic rings. The molecule has 0 radical (unpaired) electrons. The summed E-state index contributed by atoms with van der Waals surface area (Å²) >= 11 is 0. The quantitative estimate of drug-likeness (QED) is 0.817. The van der Waals surface area contributed by atoms with Crippen molar-refractivity contribution in [3.05, 3.63) is 24.3 Å². The normalized spacial score (nSPS) is 15.2. The average molecular weight is 236 g/mol. The summed E-state index contributed by atoms with van der Waals surface area (Å²) in [7, 11) is 0. The molecule has 3 nitrogen and oxygen atoms in total. The molecule has 2 N–H and O–H groups in total. The highest BCUT2D eigenvalue weighted by molar-refractivity contribution is 5.41. The number of hydrogen-bond donors (Lipinski definition) is 1. The van der Waals surface area contributed by atoms with Crippen molar-refractivity contribution >= 4 is 5.69 Å². The van der Waals surface area contributed by atoms with Crippen LogP contribution in [-0.2, 0) is 0 Å². The molecule has 1 aliphatic rings. The first-order valence-electron chi connectivity index (χ1n) is 6.55. The van der Waals surface area contributed by atoms with Crippen molar-refractivity contribution in [2.75, 3.05) is 32.0 Å². The van der Waals surface area contributed by atoms with Gasteiger partial charge < -0.3 is 10.5 Å². The van der Waals surface area contributed by atoms with Crippen molar-refractivity contribution in [3.63, 3.8) is 0 Å². The van der Waals surface area contributed by atoms with Crippen molar-refractivity contribution in [1.29, 1.82) is 0 Å². The van der Waals surface area contributed by atoms with Crippen LogP contribution in [0.5, 0.6) is 5.75 Å². The van der Waals surface area contributed by atoms with Crippen molar-refractivity contribution < 1.29 is 4.74 Å². The van der Waals surface area contributed by atoms with E-state index in [1.807, 2.05) is 38.1 Å². The predicted molar refractivity (Wildman–Crippen MR) is 73.4 cm³/mol. The standard InChI is InChI=1S/C12H18N2O.C2H6/c13-11-3-5-12(6-4-11)15-10-9-14-7-1-2-8-14;1-2/h3-6H,1-2,7-10,13H2;1-2H3. The second kappa shape index (κ2) is 7.96. The molecule has 0 aromatic heterocycles. The lowest BCUT2D eigenvalue weighted by Crippen LogP contribution is -2.25. The zero-order valence-corrected chi connectivity index (χ0v) is 11.0. The van der Waals surface area contributed by atoms with Crippen LogP contribution in [0.2, 0.25) is 0 Å². The molecular formula is C14H24N2O. The van der Waals surface area contributed by atoms with Gasteiger partial charge in [-0.1, -0.05) is 13.8 Å². The number of likely N-dealkylation sites (tertiary alicyclic amines) is 1. The maximum Gasteiger partial charge on any atom is 0.119 e. The Balaban J connectivity index is 0.000000686. The molecule has 0 aliphatic carbocycles. The molecule has 0 saturated carbocycles. The second-order valence-electron chi connectivity index (χ2n) is 3.97. The fourth-order valence-corrected chi connectivity index (χ4v) is 1.86. The van der Waals surface area contributed by atoms with Gasteiger partial charge in [-0.05, 0) is 50.2 Å². The maximum absolute atomic E-state index is 5.63. The van der Waals surface area contributed by atoms with Gasteiger partial charge in [-0.2, -0.15) is 0 Å². The van der Waals surface area contributed by atoms with Crippen molar-refractivity contribution in [2.24, 2.45) is 0 Å². The lowest BCUT2D eigenvalue weighted by atomic mass is 10.3. The van der Waals surface area contributed by atoms with Crippen LogP contribution in [-0.4, -0.2) is 31.1 Å². The molecule has 0 spiro atoms. The van der Waals surface area contributed by atoms with Gasteiger partial charge in [0.1, 0.15) is 12.4 Å². The third kappa shape index (κ3) is 5.09. The third-order valence-corrected chi connectivity index (χ3v) is 2.76. The maximum atomic E-state index is 5.63. The number of nitrogens with zero attached hydrogens (tertiary/aromatic N) is 1. The molecule has 17 heavy (non-hydrogen) atoms. The molecule has 0 atom stereocenters. The minimum absolute atomic E-state index is 0.768. The molecule has 96 valence electrons. The first-order valence-corrected chi connectivity index (χ1v) is 6.55. The molecule has 0 amide bonds. The van der Waals surface area contributed by atoms with Gasteiger partial charge in [0.2, 0.25) is 0 Å². The fraction of sp³-hybridized carbons (Fsp3) is 0.571. The van der Waals surface area contributed by atoms with Gasteiger partial charge in [0, 0.05) is 12.2 Å². The van der Waals surface area contributed by atoms with Crippen molar-refractivity contribution in [2.45, 2.75) is 26.7 Å². The number of anilines is 1. The Morgan fingerprint density at radius 2 is 1.71 bits per heavy atom. The highest BCUT2D eigenvalue weighted by Gasteiger charge is 2.10. The summed E-state index contributed by atoms with van der Waals surface area (Å²) in [6.45, 7) is 8.25. The van der Waals surface area contributed by atoms with E-state index in [0.29, 0.717) is 0 Å². The summed E-state index contributed by atoms with van der Waals surface area (Å²) in [5, 5.41) is 0. The van der Waals surface area contributed by atoms with E-state index in [-0.39, 0.29) is 0 Å². The molecule has 1 aliphatic heterocycles. The van der Waals surface area contributed by atoms with Gasteiger partial charge in [0.05, 0.1) is 0 Å². The summed E-state index contributed by atoms with van der Waals surface area (Å²) in [5.41, 5.74) is 6.37. The monoisotopic (exact) mass is 236 g/mol. The zero-order chi connectivity index (χ0) is 12.5. The summed E-state index contributed by atoms with van der Waals surface area (Å²) < 4.78 is 5.63. The first kappa shape index (κ1) is 13.8. The molecule has 1 aromatic carbocycles. The van der Waals surface area contributed by atoms with E-state index in [1.54, 1.807) is 0 Å². The zero-order valence-electron chi connectivity index (χ0n) is 11.0. The lowest BCUT2D eigenvalue weighted by molar-refractivity contribution is 0.238. The predicted octanol–water partition coefficient (Wildman–Crippen LogP) is 2.77. The van der Waals surface area contributed by atoms with E-state index in [4.69, 9.17) is 10.5 Å². The van der Waals surface area contributed by atoms with Gasteiger partial charge in [0.25, 0.3) is 0 Å². The van der Waals surface area contributed by atoms with Crippen LogP contribution in [0.15, 0.2) is 24.3 Å². The first-order chi connectivity index (χ1) is 8.34. The number of hydrogen-bond acceptors (Lipinski definition) is 3. The topological polar surface area (TPSA) is 38.5 Å². The Morgan fingerprint density at radius 3 is 2.29 bits per heavy atom.